The molecule has 176 valence electrons. The van der Waals surface area contributed by atoms with E-state index in [1.807, 2.05) is 0 Å². The van der Waals surface area contributed by atoms with Crippen molar-refractivity contribution in [3.8, 4) is 0 Å². The summed E-state index contributed by atoms with van der Waals surface area (Å²) in [6.07, 6.45) is -1.21. The Kier molecular flexibility index (Phi) is 6.61. The Bertz CT molecular complexity index is 1200. The monoisotopic (exact) mass is 541 g/mol. The van der Waals surface area contributed by atoms with Crippen molar-refractivity contribution in [2.45, 2.75) is 45.1 Å². The number of nitrogens with one attached hydrogen (secondary N) is 2. The zero-order chi connectivity index (χ0) is 24.9. The third kappa shape index (κ3) is 4.61. The van der Waals surface area contributed by atoms with Crippen molar-refractivity contribution in [2.75, 3.05) is 5.32 Å². The summed E-state index contributed by atoms with van der Waals surface area (Å²) in [5.74, 6) is -5.32. The van der Waals surface area contributed by atoms with E-state index in [2.05, 4.69) is 33.1 Å². The van der Waals surface area contributed by atoms with Crippen LogP contribution in [0.25, 0.3) is 0 Å². The highest BCUT2D eigenvalue weighted by atomic mass is 79.9. The average molecular weight is 543 g/mol. The van der Waals surface area contributed by atoms with E-state index >= 15 is 0 Å². The van der Waals surface area contributed by atoms with E-state index in [4.69, 9.17) is 11.6 Å². The fourth-order valence-corrected chi connectivity index (χ4v) is 4.61. The van der Waals surface area contributed by atoms with Crippen molar-refractivity contribution in [1.29, 1.82) is 0 Å². The van der Waals surface area contributed by atoms with Gasteiger partial charge in [0.15, 0.2) is 0 Å². The Morgan fingerprint density at radius 3 is 2.33 bits per heavy atom. The first-order chi connectivity index (χ1) is 15.2. The van der Waals surface area contributed by atoms with E-state index in [0.29, 0.717) is 32.0 Å². The molecule has 1 aromatic heterocycles. The number of hydrogen-bond donors (Lipinski definition) is 2. The first-order valence-corrected chi connectivity index (χ1v) is 11.2. The predicted octanol–water partition coefficient (Wildman–Crippen LogP) is 5.35. The third-order valence-electron chi connectivity index (χ3n) is 6.05. The van der Waals surface area contributed by atoms with Crippen LogP contribution in [0.4, 0.5) is 14.5 Å². The number of Topliss-reactive ketones (excluding diaryl/α,β-unsaturated/α-hetero) is 1. The number of alkyl halides is 2. The lowest BCUT2D eigenvalue weighted by atomic mass is 9.69. The summed E-state index contributed by atoms with van der Waals surface area (Å²) in [6.45, 7) is 8.41. The van der Waals surface area contributed by atoms with E-state index < -0.39 is 41.9 Å². The van der Waals surface area contributed by atoms with Gasteiger partial charge in [0.05, 0.1) is 16.1 Å². The van der Waals surface area contributed by atoms with E-state index in [0.717, 1.165) is 0 Å². The van der Waals surface area contributed by atoms with Gasteiger partial charge in [-0.1, -0.05) is 23.8 Å². The number of amides is 2. The van der Waals surface area contributed by atoms with E-state index in [1.165, 1.54) is 11.5 Å². The lowest BCUT2D eigenvalue weighted by Gasteiger charge is -2.48. The average Bonchev–Trinajstić information content (AvgIpc) is 2.90. The van der Waals surface area contributed by atoms with Crippen molar-refractivity contribution in [1.82, 2.24) is 9.88 Å². The number of halogens is 4. The first kappa shape index (κ1) is 25.1. The van der Waals surface area contributed by atoms with Gasteiger partial charge in [-0.25, -0.2) is 8.78 Å². The number of hydrogen-bond acceptors (Lipinski definition) is 3. The van der Waals surface area contributed by atoms with Crippen molar-refractivity contribution in [2.24, 2.45) is 7.05 Å². The molecule has 6 nitrogen and oxygen atoms in total. The van der Waals surface area contributed by atoms with Gasteiger partial charge >= 0.3 is 0 Å². The molecule has 3 rings (SSSR count). The fourth-order valence-electron chi connectivity index (χ4n) is 4.11. The molecule has 1 saturated carbocycles. The Balaban J connectivity index is 1.87. The summed E-state index contributed by atoms with van der Waals surface area (Å²) in [5.41, 5.74) is 0.469. The zero-order valence-electron chi connectivity index (χ0n) is 18.5. The van der Waals surface area contributed by atoms with Gasteiger partial charge in [-0.15, -0.1) is 0 Å². The third-order valence-corrected chi connectivity index (χ3v) is 7.26. The van der Waals surface area contributed by atoms with Crippen LogP contribution in [-0.4, -0.2) is 33.6 Å². The summed E-state index contributed by atoms with van der Waals surface area (Å²) in [4.78, 5) is 38.7. The maximum atomic E-state index is 13.5. The molecule has 10 heteroatoms. The maximum absolute atomic E-state index is 13.5. The molecule has 0 radical (unpaired) electrons. The molecule has 1 aliphatic rings. The second-order valence-electron chi connectivity index (χ2n) is 8.43. The largest absolute Gasteiger partial charge is 0.343 e. The molecule has 2 aromatic rings. The van der Waals surface area contributed by atoms with Gasteiger partial charge in [0.1, 0.15) is 5.69 Å². The van der Waals surface area contributed by atoms with E-state index in [9.17, 15) is 23.2 Å². The molecule has 1 fully saturated rings. The molecule has 0 saturated heterocycles. The molecule has 0 unspecified atom stereocenters. The molecule has 2 N–H and O–H groups in total. The van der Waals surface area contributed by atoms with Crippen LogP contribution in [0.3, 0.4) is 0 Å². The first-order valence-electron chi connectivity index (χ1n) is 10.0. The topological polar surface area (TPSA) is 80.2 Å². The number of carbonyl (C=O) groups is 3. The number of nitrogens with zero attached hydrogens (tertiary/aromatic N) is 1. The molecule has 0 bridgehead atoms. The smallest absolute Gasteiger partial charge is 0.293 e. The second kappa shape index (κ2) is 8.68. The SMILES string of the molecule is C=C(C)C1(NC(=O)C(=O)c2c(C)c(C(=O)Nc3ccc(Cl)c(Br)c3)n(C)c2C)CC(F)(F)C1. The Labute approximate surface area is 203 Å². The second-order valence-corrected chi connectivity index (χ2v) is 9.69. The lowest BCUT2D eigenvalue weighted by molar-refractivity contribution is -0.137. The van der Waals surface area contributed by atoms with Crippen LogP contribution < -0.4 is 10.6 Å². The number of ketones is 1. The molecular weight excluding hydrogens is 520 g/mol. The van der Waals surface area contributed by atoms with E-state index in [-0.39, 0.29) is 11.3 Å². The predicted molar refractivity (Wildman–Crippen MR) is 126 cm³/mol. The van der Waals surface area contributed by atoms with Crippen LogP contribution in [0.15, 0.2) is 34.8 Å². The highest BCUT2D eigenvalue weighted by Gasteiger charge is 2.58. The Morgan fingerprint density at radius 1 is 1.21 bits per heavy atom. The minimum Gasteiger partial charge on any atom is -0.343 e. The van der Waals surface area contributed by atoms with Gasteiger partial charge in [0.2, 0.25) is 0 Å². The molecular formula is C23H23BrClF2N3O3. The Hall–Kier alpha value is -2.52. The summed E-state index contributed by atoms with van der Waals surface area (Å²) >= 11 is 9.28. The molecule has 33 heavy (non-hydrogen) atoms. The fraction of sp³-hybridized carbons (Fsp3) is 0.348. The minimum atomic E-state index is -2.92. The summed E-state index contributed by atoms with van der Waals surface area (Å²) in [5, 5.41) is 5.67. The van der Waals surface area contributed by atoms with E-state index in [1.54, 1.807) is 39.1 Å². The van der Waals surface area contributed by atoms with Crippen molar-refractivity contribution < 1.29 is 23.2 Å². The normalized spacial score (nSPS) is 16.0. The van der Waals surface area contributed by atoms with Crippen LogP contribution in [0, 0.1) is 13.8 Å². The highest BCUT2D eigenvalue weighted by molar-refractivity contribution is 9.10. The number of carbonyl (C=O) groups excluding carboxylic acids is 3. The van der Waals surface area contributed by atoms with Gasteiger partial charge in [0.25, 0.3) is 23.5 Å². The maximum Gasteiger partial charge on any atom is 0.293 e. The number of benzene rings is 1. The number of rotatable bonds is 6. The number of aromatic nitrogens is 1. The molecule has 0 atom stereocenters. The van der Waals surface area contributed by atoms with Crippen LogP contribution in [-0.2, 0) is 11.8 Å². The van der Waals surface area contributed by atoms with Gasteiger partial charge in [-0.3, -0.25) is 14.4 Å². The van der Waals surface area contributed by atoms with Crippen LogP contribution in [0.2, 0.25) is 5.02 Å². The molecule has 1 aromatic carbocycles. The molecule has 1 heterocycles. The van der Waals surface area contributed by atoms with Crippen molar-refractivity contribution >= 4 is 50.8 Å². The summed E-state index contributed by atoms with van der Waals surface area (Å²) in [6, 6.07) is 4.88. The molecule has 0 spiro atoms. The van der Waals surface area contributed by atoms with Crippen molar-refractivity contribution in [3.05, 3.63) is 62.4 Å². The Morgan fingerprint density at radius 2 is 1.82 bits per heavy atom. The van der Waals surface area contributed by atoms with Crippen molar-refractivity contribution in [3.63, 3.8) is 0 Å². The number of anilines is 1. The minimum absolute atomic E-state index is 0.0559. The van der Waals surface area contributed by atoms with Gasteiger partial charge in [-0.2, -0.15) is 0 Å². The van der Waals surface area contributed by atoms with Crippen LogP contribution in [0.1, 0.15) is 51.9 Å². The lowest BCUT2D eigenvalue weighted by Crippen LogP contribution is -2.63. The van der Waals surface area contributed by atoms with Crippen LogP contribution >= 0.6 is 27.5 Å². The summed E-state index contributed by atoms with van der Waals surface area (Å²) in [7, 11) is 1.60. The molecule has 0 aliphatic heterocycles. The standard InChI is InChI=1S/C23H23BrClF2N3O3/c1-11(2)22(9-23(26,27)10-22)29-21(33)19(31)17-12(3)18(30(5)13(17)4)20(32)28-14-6-7-16(25)15(24)8-14/h6-8H,1,9-10H2,2-5H3,(H,28,32)(H,29,33). The zero-order valence-corrected chi connectivity index (χ0v) is 20.9. The van der Waals surface area contributed by atoms with Gasteiger partial charge < -0.3 is 15.2 Å². The highest BCUT2D eigenvalue weighted by Crippen LogP contribution is 2.49. The van der Waals surface area contributed by atoms with Gasteiger partial charge in [-0.05, 0) is 60.5 Å². The molecule has 2 amide bonds. The quantitative estimate of drug-likeness (QED) is 0.293. The molecule has 1 aliphatic carbocycles. The van der Waals surface area contributed by atoms with Crippen LogP contribution in [0.5, 0.6) is 0 Å². The van der Waals surface area contributed by atoms with Gasteiger partial charge in [0, 0.05) is 35.7 Å². The summed E-state index contributed by atoms with van der Waals surface area (Å²) < 4.78 is 29.2.